The van der Waals surface area contributed by atoms with Crippen molar-refractivity contribution in [2.45, 2.75) is 26.1 Å². The summed E-state index contributed by atoms with van der Waals surface area (Å²) < 4.78 is 4.98. The maximum Gasteiger partial charge on any atom is 0.240 e. The van der Waals surface area contributed by atoms with Crippen molar-refractivity contribution in [1.82, 2.24) is 15.0 Å². The van der Waals surface area contributed by atoms with Crippen LogP contribution in [0.25, 0.3) is 0 Å². The van der Waals surface area contributed by atoms with E-state index in [9.17, 15) is 0 Å². The molecule has 0 aliphatic rings. The van der Waals surface area contributed by atoms with Crippen LogP contribution in [0, 0.1) is 0 Å². The van der Waals surface area contributed by atoms with Gasteiger partial charge in [-0.05, 0) is 31.7 Å². The quantitative estimate of drug-likeness (QED) is 0.918. The van der Waals surface area contributed by atoms with Crippen LogP contribution in [0.15, 0.2) is 22.7 Å². The molecule has 1 aromatic carbocycles. The van der Waals surface area contributed by atoms with Gasteiger partial charge in [-0.1, -0.05) is 34.4 Å². The van der Waals surface area contributed by atoms with E-state index >= 15 is 0 Å². The van der Waals surface area contributed by atoms with Gasteiger partial charge in [0.25, 0.3) is 0 Å². The molecule has 0 fully saturated rings. The fourth-order valence-corrected chi connectivity index (χ4v) is 2.44. The number of benzene rings is 1. The molecule has 0 spiro atoms. The first kappa shape index (κ1) is 15.3. The van der Waals surface area contributed by atoms with E-state index in [1.165, 1.54) is 0 Å². The average Bonchev–Trinajstić information content (AvgIpc) is 2.85. The van der Waals surface area contributed by atoms with E-state index in [1.807, 2.05) is 19.2 Å². The first-order valence-electron chi connectivity index (χ1n) is 6.18. The summed E-state index contributed by atoms with van der Waals surface area (Å²) in [7, 11) is 1.97. The Hall–Kier alpha value is -1.14. The van der Waals surface area contributed by atoms with Crippen LogP contribution >= 0.6 is 23.2 Å². The highest BCUT2D eigenvalue weighted by Crippen LogP contribution is 2.29. The minimum Gasteiger partial charge on any atom is -0.338 e. The molecule has 5 nitrogen and oxygen atoms in total. The lowest BCUT2D eigenvalue weighted by atomic mass is 10.1. The van der Waals surface area contributed by atoms with Crippen molar-refractivity contribution in [2.75, 3.05) is 7.05 Å². The Labute approximate surface area is 127 Å². The molecule has 0 aliphatic heterocycles. The van der Waals surface area contributed by atoms with Crippen molar-refractivity contribution in [2.24, 2.45) is 5.73 Å². The topological polar surface area (TPSA) is 68.2 Å². The maximum atomic E-state index is 6.22. The number of hydrogen-bond acceptors (Lipinski definition) is 5. The molecule has 2 aromatic rings. The summed E-state index contributed by atoms with van der Waals surface area (Å²) in [6.07, 6.45) is 0. The van der Waals surface area contributed by atoms with Crippen LogP contribution in [0.4, 0.5) is 0 Å². The zero-order chi connectivity index (χ0) is 14.7. The first-order valence-corrected chi connectivity index (χ1v) is 6.93. The number of halogens is 2. The van der Waals surface area contributed by atoms with E-state index in [2.05, 4.69) is 22.0 Å². The van der Waals surface area contributed by atoms with Gasteiger partial charge in [0.05, 0.1) is 13.1 Å². The molecule has 0 saturated heterocycles. The summed E-state index contributed by atoms with van der Waals surface area (Å²) in [6, 6.07) is 5.59. The van der Waals surface area contributed by atoms with Gasteiger partial charge in [0, 0.05) is 16.1 Å². The third-order valence-corrected chi connectivity index (χ3v) is 3.71. The molecule has 1 atom stereocenters. The fraction of sp³-hybridized carbons (Fsp3) is 0.385. The SMILES string of the molecule is CC(c1ccc(Cl)cc1Cl)N(C)Cc1noc(CN)n1. The summed E-state index contributed by atoms with van der Waals surface area (Å²) in [4.78, 5) is 6.25. The van der Waals surface area contributed by atoms with Crippen LogP contribution < -0.4 is 5.73 Å². The van der Waals surface area contributed by atoms with Crippen LogP contribution in [0.3, 0.4) is 0 Å². The molecule has 0 aliphatic carbocycles. The van der Waals surface area contributed by atoms with Gasteiger partial charge in [-0.25, -0.2) is 0 Å². The zero-order valence-electron chi connectivity index (χ0n) is 11.3. The molecule has 1 unspecified atom stereocenters. The minimum absolute atomic E-state index is 0.0968. The van der Waals surface area contributed by atoms with Crippen LogP contribution in [0.5, 0.6) is 0 Å². The molecule has 1 heterocycles. The van der Waals surface area contributed by atoms with Crippen molar-refractivity contribution in [3.8, 4) is 0 Å². The second kappa shape index (κ2) is 6.54. The summed E-state index contributed by atoms with van der Waals surface area (Å²) >= 11 is 12.1. The van der Waals surface area contributed by atoms with Gasteiger partial charge in [-0.3, -0.25) is 4.90 Å². The Kier molecular flexibility index (Phi) is 4.99. The summed E-state index contributed by atoms with van der Waals surface area (Å²) in [6.45, 7) is 2.85. The molecule has 7 heteroatoms. The van der Waals surface area contributed by atoms with E-state index < -0.39 is 0 Å². The highest BCUT2D eigenvalue weighted by Gasteiger charge is 2.17. The molecule has 2 N–H and O–H groups in total. The fourth-order valence-electron chi connectivity index (χ4n) is 1.88. The van der Waals surface area contributed by atoms with Gasteiger partial charge in [-0.15, -0.1) is 0 Å². The monoisotopic (exact) mass is 314 g/mol. The van der Waals surface area contributed by atoms with Gasteiger partial charge in [0.15, 0.2) is 5.82 Å². The number of rotatable bonds is 5. The molecule has 0 amide bonds. The first-order chi connectivity index (χ1) is 9.51. The Bertz CT molecular complexity index is 588. The normalized spacial score (nSPS) is 12.9. The smallest absolute Gasteiger partial charge is 0.240 e. The molecule has 2 rings (SSSR count). The lowest BCUT2D eigenvalue weighted by molar-refractivity contribution is 0.242. The van der Waals surface area contributed by atoms with E-state index in [1.54, 1.807) is 6.07 Å². The highest BCUT2D eigenvalue weighted by atomic mass is 35.5. The van der Waals surface area contributed by atoms with Crippen molar-refractivity contribution in [3.05, 3.63) is 45.5 Å². The lowest BCUT2D eigenvalue weighted by Gasteiger charge is -2.24. The summed E-state index contributed by atoms with van der Waals surface area (Å²) in [5, 5.41) is 5.15. The largest absolute Gasteiger partial charge is 0.338 e. The van der Waals surface area contributed by atoms with Gasteiger partial charge in [-0.2, -0.15) is 4.98 Å². The van der Waals surface area contributed by atoms with Gasteiger partial charge in [0.1, 0.15) is 0 Å². The Morgan fingerprint density at radius 2 is 2.15 bits per heavy atom. The molecular weight excluding hydrogens is 299 g/mol. The highest BCUT2D eigenvalue weighted by molar-refractivity contribution is 6.35. The Morgan fingerprint density at radius 3 is 2.75 bits per heavy atom. The van der Waals surface area contributed by atoms with E-state index in [0.717, 1.165) is 5.56 Å². The second-order valence-corrected chi connectivity index (χ2v) is 5.41. The number of aromatic nitrogens is 2. The van der Waals surface area contributed by atoms with Crippen LogP contribution in [-0.2, 0) is 13.1 Å². The minimum atomic E-state index is 0.0968. The van der Waals surface area contributed by atoms with Gasteiger partial charge >= 0.3 is 0 Å². The van der Waals surface area contributed by atoms with Crippen molar-refractivity contribution in [3.63, 3.8) is 0 Å². The summed E-state index contributed by atoms with van der Waals surface area (Å²) in [5.74, 6) is 1.04. The Morgan fingerprint density at radius 1 is 1.40 bits per heavy atom. The van der Waals surface area contributed by atoms with Gasteiger partial charge in [0.2, 0.25) is 5.89 Å². The number of hydrogen-bond donors (Lipinski definition) is 1. The summed E-state index contributed by atoms with van der Waals surface area (Å²) in [5.41, 5.74) is 6.44. The molecular formula is C13H16Cl2N4O. The molecule has 1 aromatic heterocycles. The van der Waals surface area contributed by atoms with Gasteiger partial charge < -0.3 is 10.3 Å². The molecule has 0 bridgehead atoms. The van der Waals surface area contributed by atoms with Crippen molar-refractivity contribution >= 4 is 23.2 Å². The van der Waals surface area contributed by atoms with Crippen LogP contribution in [0.1, 0.15) is 30.2 Å². The number of nitrogens with zero attached hydrogens (tertiary/aromatic N) is 3. The molecule has 108 valence electrons. The third kappa shape index (κ3) is 3.49. The van der Waals surface area contributed by atoms with E-state index in [4.69, 9.17) is 33.5 Å². The molecule has 0 radical (unpaired) electrons. The maximum absolute atomic E-state index is 6.22. The van der Waals surface area contributed by atoms with E-state index in [-0.39, 0.29) is 12.6 Å². The third-order valence-electron chi connectivity index (χ3n) is 3.15. The van der Waals surface area contributed by atoms with Crippen LogP contribution in [0.2, 0.25) is 10.0 Å². The molecule has 20 heavy (non-hydrogen) atoms. The van der Waals surface area contributed by atoms with E-state index in [0.29, 0.717) is 28.3 Å². The molecule has 0 saturated carbocycles. The number of nitrogens with two attached hydrogens (primary N) is 1. The lowest BCUT2D eigenvalue weighted by Crippen LogP contribution is -2.22. The predicted molar refractivity (Wildman–Crippen MR) is 78.5 cm³/mol. The standard InChI is InChI=1S/C13H16Cl2N4O/c1-8(10-4-3-9(14)5-11(10)15)19(2)7-12-17-13(6-16)20-18-12/h3-5,8H,6-7,16H2,1-2H3. The average molecular weight is 315 g/mol. The van der Waals surface area contributed by atoms with Crippen molar-refractivity contribution < 1.29 is 4.52 Å². The Balaban J connectivity index is 2.09. The second-order valence-electron chi connectivity index (χ2n) is 4.57. The van der Waals surface area contributed by atoms with Crippen LogP contribution in [-0.4, -0.2) is 22.1 Å². The van der Waals surface area contributed by atoms with Crippen molar-refractivity contribution in [1.29, 1.82) is 0 Å². The predicted octanol–water partition coefficient (Wildman–Crippen LogP) is 3.03. The zero-order valence-corrected chi connectivity index (χ0v) is 12.8.